The Bertz CT molecular complexity index is 638. The van der Waals surface area contributed by atoms with Crippen LogP contribution in [0.4, 0.5) is 5.69 Å². The summed E-state index contributed by atoms with van der Waals surface area (Å²) in [5.74, 6) is 0.150. The standard InChI is InChI=1S/C17H26N2O3S/c1-4-23(21,22)19-11-5-6-15(12-19)17(20)18-16-9-7-14(8-10-16)13(2)3/h7-10,13,15H,4-6,11-12H2,1-3H3,(H,18,20). The molecule has 0 saturated carbocycles. The van der Waals surface area contributed by atoms with Crippen molar-refractivity contribution < 1.29 is 13.2 Å². The molecule has 1 aliphatic heterocycles. The molecule has 5 nitrogen and oxygen atoms in total. The van der Waals surface area contributed by atoms with Gasteiger partial charge in [0, 0.05) is 18.8 Å². The second-order valence-corrected chi connectivity index (χ2v) is 8.62. The average molecular weight is 338 g/mol. The second-order valence-electron chi connectivity index (χ2n) is 6.36. The Morgan fingerprint density at radius 1 is 1.30 bits per heavy atom. The molecule has 1 N–H and O–H groups in total. The number of amides is 1. The minimum absolute atomic E-state index is 0.0814. The fourth-order valence-corrected chi connectivity index (χ4v) is 3.97. The molecule has 1 heterocycles. The highest BCUT2D eigenvalue weighted by Crippen LogP contribution is 2.22. The van der Waals surface area contributed by atoms with Gasteiger partial charge in [-0.2, -0.15) is 0 Å². The molecule has 1 fully saturated rings. The zero-order chi connectivity index (χ0) is 17.0. The lowest BCUT2D eigenvalue weighted by molar-refractivity contribution is -0.120. The quantitative estimate of drug-likeness (QED) is 0.898. The molecule has 23 heavy (non-hydrogen) atoms. The summed E-state index contributed by atoms with van der Waals surface area (Å²) < 4.78 is 25.4. The number of benzene rings is 1. The number of sulfonamides is 1. The van der Waals surface area contributed by atoms with Gasteiger partial charge in [0.25, 0.3) is 0 Å². The number of nitrogens with one attached hydrogen (secondary N) is 1. The van der Waals surface area contributed by atoms with Crippen molar-refractivity contribution in [2.45, 2.75) is 39.5 Å². The van der Waals surface area contributed by atoms with E-state index in [9.17, 15) is 13.2 Å². The molecule has 1 aromatic rings. The van der Waals surface area contributed by atoms with E-state index < -0.39 is 10.0 Å². The molecule has 1 amide bonds. The molecule has 0 radical (unpaired) electrons. The van der Waals surface area contributed by atoms with E-state index in [1.165, 1.54) is 9.87 Å². The topological polar surface area (TPSA) is 66.5 Å². The van der Waals surface area contributed by atoms with Crippen LogP contribution in [0.5, 0.6) is 0 Å². The van der Waals surface area contributed by atoms with Gasteiger partial charge in [-0.05, 0) is 43.4 Å². The highest BCUT2D eigenvalue weighted by Gasteiger charge is 2.31. The number of carbonyl (C=O) groups excluding carboxylic acids is 1. The van der Waals surface area contributed by atoms with Crippen LogP contribution in [0.25, 0.3) is 0 Å². The van der Waals surface area contributed by atoms with Crippen LogP contribution in [0.3, 0.4) is 0 Å². The van der Waals surface area contributed by atoms with Gasteiger partial charge in [0.05, 0.1) is 11.7 Å². The lowest BCUT2D eigenvalue weighted by Gasteiger charge is -2.30. The van der Waals surface area contributed by atoms with Crippen molar-refractivity contribution >= 4 is 21.6 Å². The molecule has 1 aliphatic rings. The maximum Gasteiger partial charge on any atom is 0.228 e. The summed E-state index contributed by atoms with van der Waals surface area (Å²) in [6.07, 6.45) is 1.45. The van der Waals surface area contributed by atoms with Crippen molar-refractivity contribution in [3.63, 3.8) is 0 Å². The first-order valence-electron chi connectivity index (χ1n) is 8.22. The minimum atomic E-state index is -3.22. The van der Waals surface area contributed by atoms with Crippen LogP contribution in [0.1, 0.15) is 45.1 Å². The fraction of sp³-hybridized carbons (Fsp3) is 0.588. The van der Waals surface area contributed by atoms with Gasteiger partial charge in [0.1, 0.15) is 0 Å². The molecule has 1 aromatic carbocycles. The van der Waals surface area contributed by atoms with E-state index in [1.54, 1.807) is 6.92 Å². The van der Waals surface area contributed by atoms with Gasteiger partial charge in [-0.25, -0.2) is 12.7 Å². The molecule has 0 aliphatic carbocycles. The summed E-state index contributed by atoms with van der Waals surface area (Å²) in [6.45, 7) is 6.68. The Kier molecular flexibility index (Phi) is 5.81. The zero-order valence-electron chi connectivity index (χ0n) is 14.1. The molecule has 128 valence electrons. The number of anilines is 1. The zero-order valence-corrected chi connectivity index (χ0v) is 14.9. The van der Waals surface area contributed by atoms with E-state index in [0.29, 0.717) is 12.5 Å². The van der Waals surface area contributed by atoms with Gasteiger partial charge in [-0.3, -0.25) is 4.79 Å². The van der Waals surface area contributed by atoms with Crippen LogP contribution in [0.2, 0.25) is 0 Å². The van der Waals surface area contributed by atoms with Crippen LogP contribution in [0.15, 0.2) is 24.3 Å². The van der Waals surface area contributed by atoms with E-state index in [-0.39, 0.29) is 24.1 Å². The number of nitrogens with zero attached hydrogens (tertiary/aromatic N) is 1. The SMILES string of the molecule is CCS(=O)(=O)N1CCCC(C(=O)Nc2ccc(C(C)C)cc2)C1. The Hall–Kier alpha value is -1.40. The molecule has 1 atom stereocenters. The summed E-state index contributed by atoms with van der Waals surface area (Å²) in [6, 6.07) is 7.82. The van der Waals surface area contributed by atoms with Gasteiger partial charge in [-0.1, -0.05) is 26.0 Å². The first-order chi connectivity index (χ1) is 10.8. The Balaban J connectivity index is 2.00. The average Bonchev–Trinajstić information content (AvgIpc) is 2.55. The van der Waals surface area contributed by atoms with E-state index >= 15 is 0 Å². The van der Waals surface area contributed by atoms with Crippen molar-refractivity contribution in [2.24, 2.45) is 5.92 Å². The highest BCUT2D eigenvalue weighted by atomic mass is 32.2. The van der Waals surface area contributed by atoms with Gasteiger partial charge in [0.2, 0.25) is 15.9 Å². The predicted octanol–water partition coefficient (Wildman–Crippen LogP) is 2.81. The van der Waals surface area contributed by atoms with Crippen LogP contribution >= 0.6 is 0 Å². The summed E-state index contributed by atoms with van der Waals surface area (Å²) in [5.41, 5.74) is 1.98. The Morgan fingerprint density at radius 2 is 1.96 bits per heavy atom. The van der Waals surface area contributed by atoms with E-state index in [4.69, 9.17) is 0 Å². The molecule has 6 heteroatoms. The normalized spacial score (nSPS) is 19.7. The highest BCUT2D eigenvalue weighted by molar-refractivity contribution is 7.89. The van der Waals surface area contributed by atoms with Crippen molar-refractivity contribution in [3.05, 3.63) is 29.8 Å². The third-order valence-electron chi connectivity index (χ3n) is 4.36. The Morgan fingerprint density at radius 3 is 2.52 bits per heavy atom. The maximum absolute atomic E-state index is 12.4. The molecule has 2 rings (SSSR count). The van der Waals surface area contributed by atoms with Crippen molar-refractivity contribution in [1.82, 2.24) is 4.31 Å². The summed E-state index contributed by atoms with van der Waals surface area (Å²) >= 11 is 0. The van der Waals surface area contributed by atoms with Crippen molar-refractivity contribution in [1.29, 1.82) is 0 Å². The molecule has 1 unspecified atom stereocenters. The smallest absolute Gasteiger partial charge is 0.228 e. The van der Waals surface area contributed by atoms with Crippen LogP contribution < -0.4 is 5.32 Å². The first-order valence-corrected chi connectivity index (χ1v) is 9.83. The van der Waals surface area contributed by atoms with Gasteiger partial charge >= 0.3 is 0 Å². The number of piperidine rings is 1. The maximum atomic E-state index is 12.4. The molecular formula is C17H26N2O3S. The van der Waals surface area contributed by atoms with Crippen LogP contribution in [0, 0.1) is 5.92 Å². The number of rotatable bonds is 5. The molecule has 1 saturated heterocycles. The van der Waals surface area contributed by atoms with E-state index in [0.717, 1.165) is 18.5 Å². The first kappa shape index (κ1) is 17.9. The van der Waals surface area contributed by atoms with Crippen molar-refractivity contribution in [3.8, 4) is 0 Å². The van der Waals surface area contributed by atoms with Gasteiger partial charge < -0.3 is 5.32 Å². The monoisotopic (exact) mass is 338 g/mol. The van der Waals surface area contributed by atoms with Crippen molar-refractivity contribution in [2.75, 3.05) is 24.2 Å². The lowest BCUT2D eigenvalue weighted by atomic mass is 9.98. The summed E-state index contributed by atoms with van der Waals surface area (Å²) in [4.78, 5) is 12.4. The number of hydrogen-bond acceptors (Lipinski definition) is 3. The second kappa shape index (κ2) is 7.45. The van der Waals surface area contributed by atoms with E-state index in [1.807, 2.05) is 24.3 Å². The number of carbonyl (C=O) groups is 1. The summed E-state index contributed by atoms with van der Waals surface area (Å²) in [7, 11) is -3.22. The largest absolute Gasteiger partial charge is 0.326 e. The minimum Gasteiger partial charge on any atom is -0.326 e. The third kappa shape index (κ3) is 4.54. The lowest BCUT2D eigenvalue weighted by Crippen LogP contribution is -2.44. The third-order valence-corrected chi connectivity index (χ3v) is 6.21. The van der Waals surface area contributed by atoms with Gasteiger partial charge in [-0.15, -0.1) is 0 Å². The van der Waals surface area contributed by atoms with Crippen LogP contribution in [-0.4, -0.2) is 37.5 Å². The van der Waals surface area contributed by atoms with Gasteiger partial charge in [0.15, 0.2) is 0 Å². The molecule has 0 spiro atoms. The van der Waals surface area contributed by atoms with E-state index in [2.05, 4.69) is 19.2 Å². The molecular weight excluding hydrogens is 312 g/mol. The molecule has 0 bridgehead atoms. The predicted molar refractivity (Wildman–Crippen MR) is 92.9 cm³/mol. The Labute approximate surface area is 139 Å². The number of hydrogen-bond donors (Lipinski definition) is 1. The summed E-state index contributed by atoms with van der Waals surface area (Å²) in [5, 5.41) is 2.91. The molecule has 0 aromatic heterocycles. The van der Waals surface area contributed by atoms with Crippen LogP contribution in [-0.2, 0) is 14.8 Å². The fourth-order valence-electron chi connectivity index (χ4n) is 2.79.